The first-order valence-electron chi connectivity index (χ1n) is 10.0. The molecule has 0 aromatic rings. The van der Waals surface area contributed by atoms with Crippen LogP contribution in [0.5, 0.6) is 0 Å². The number of aliphatic carboxylic acids is 1. The van der Waals surface area contributed by atoms with Crippen molar-refractivity contribution in [1.82, 2.24) is 0 Å². The maximum absolute atomic E-state index is 10.7. The van der Waals surface area contributed by atoms with E-state index in [-0.39, 0.29) is 0 Å². The van der Waals surface area contributed by atoms with Crippen molar-refractivity contribution in [2.45, 2.75) is 106 Å². The SMILES string of the molecule is CCCCCCC[CH2][SnH]([CH2]CCCCCCC)[S]CCC(=O)O. The molecule has 1 N–H and O–H groups in total. The first-order valence-corrected chi connectivity index (χ1v) is 19.8. The van der Waals surface area contributed by atoms with Gasteiger partial charge in [0, 0.05) is 0 Å². The molecule has 0 atom stereocenters. The van der Waals surface area contributed by atoms with Gasteiger partial charge in [-0.15, -0.1) is 0 Å². The summed E-state index contributed by atoms with van der Waals surface area (Å²) < 4.78 is 2.99. The minimum absolute atomic E-state index is 0.366. The average Bonchev–Trinajstić information content (AvgIpc) is 2.53. The van der Waals surface area contributed by atoms with Gasteiger partial charge < -0.3 is 0 Å². The van der Waals surface area contributed by atoms with Crippen molar-refractivity contribution in [1.29, 1.82) is 0 Å². The molecule has 0 saturated heterocycles. The van der Waals surface area contributed by atoms with Crippen LogP contribution in [0.15, 0.2) is 0 Å². The predicted octanol–water partition coefficient (Wildman–Crippen LogP) is 6.64. The van der Waals surface area contributed by atoms with Gasteiger partial charge >= 0.3 is 155 Å². The van der Waals surface area contributed by atoms with Crippen molar-refractivity contribution in [3.63, 3.8) is 0 Å². The molecule has 0 fully saturated rings. The van der Waals surface area contributed by atoms with E-state index in [1.165, 1.54) is 85.9 Å². The van der Waals surface area contributed by atoms with Gasteiger partial charge in [-0.2, -0.15) is 0 Å². The third-order valence-electron chi connectivity index (χ3n) is 4.43. The second-order valence-corrected chi connectivity index (χ2v) is 21.7. The summed E-state index contributed by atoms with van der Waals surface area (Å²) in [5.74, 6) is 0.253. The van der Waals surface area contributed by atoms with Crippen LogP contribution in [0.2, 0.25) is 8.87 Å². The normalized spacial score (nSPS) is 11.3. The number of hydrogen-bond acceptors (Lipinski definition) is 2. The maximum atomic E-state index is 10.7. The van der Waals surface area contributed by atoms with Crippen molar-refractivity contribution < 1.29 is 9.90 Å². The molecule has 0 aliphatic heterocycles. The quantitative estimate of drug-likeness (QED) is 0.188. The van der Waals surface area contributed by atoms with E-state index < -0.39 is 24.3 Å². The van der Waals surface area contributed by atoms with Crippen LogP contribution >= 0.6 is 8.95 Å². The second-order valence-electron chi connectivity index (χ2n) is 6.75. The van der Waals surface area contributed by atoms with E-state index in [0.717, 1.165) is 5.75 Å². The van der Waals surface area contributed by atoms with E-state index in [4.69, 9.17) is 5.11 Å². The van der Waals surface area contributed by atoms with E-state index in [1.807, 2.05) is 0 Å². The standard InChI is InChI=1S/2C8H17.C3H6O2S.Sn.H/c2*1-3-5-7-8-6-4-2;4-3(5)1-2-6;;/h2*1,3-8H2,2H3;6H,1-2H2,(H,4,5);;/q;;;+1;/p-1. The molecule has 0 aromatic heterocycles. The Hall–Kier alpha value is 0.619. The summed E-state index contributed by atoms with van der Waals surface area (Å²) in [6.07, 6.45) is 17.1. The molecule has 138 valence electrons. The summed E-state index contributed by atoms with van der Waals surface area (Å²) in [7, 11) is 2.12. The average molecular weight is 451 g/mol. The Bertz CT molecular complexity index is 246. The van der Waals surface area contributed by atoms with Gasteiger partial charge in [-0.1, -0.05) is 0 Å². The zero-order valence-corrected chi connectivity index (χ0v) is 19.8. The summed E-state index contributed by atoms with van der Waals surface area (Å²) in [4.78, 5) is 10.7. The molecular weight excluding hydrogens is 411 g/mol. The molecule has 4 heteroatoms. The fourth-order valence-corrected chi connectivity index (χ4v) is 17.9. The molecule has 0 amide bonds. The Balaban J connectivity index is 3.77. The molecule has 0 saturated carbocycles. The number of unbranched alkanes of at least 4 members (excludes halogenated alkanes) is 10. The van der Waals surface area contributed by atoms with Gasteiger partial charge in [0.25, 0.3) is 0 Å². The van der Waals surface area contributed by atoms with Crippen LogP contribution in [-0.4, -0.2) is 35.2 Å². The fourth-order valence-electron chi connectivity index (χ4n) is 2.93. The van der Waals surface area contributed by atoms with E-state index in [1.54, 1.807) is 0 Å². The Morgan fingerprint density at radius 1 is 0.783 bits per heavy atom. The second kappa shape index (κ2) is 19.0. The molecule has 2 nitrogen and oxygen atoms in total. The third kappa shape index (κ3) is 18.8. The van der Waals surface area contributed by atoms with Gasteiger partial charge in [-0.05, 0) is 0 Å². The van der Waals surface area contributed by atoms with Crippen molar-refractivity contribution >= 4 is 33.3 Å². The van der Waals surface area contributed by atoms with E-state index in [0.29, 0.717) is 6.42 Å². The van der Waals surface area contributed by atoms with Crippen LogP contribution in [0.25, 0.3) is 0 Å². The van der Waals surface area contributed by atoms with Crippen molar-refractivity contribution in [3.05, 3.63) is 0 Å². The van der Waals surface area contributed by atoms with Gasteiger partial charge in [0.1, 0.15) is 0 Å². The van der Waals surface area contributed by atoms with Gasteiger partial charge in [0.15, 0.2) is 0 Å². The molecule has 0 radical (unpaired) electrons. The summed E-state index contributed by atoms with van der Waals surface area (Å²) in [5, 5.41) is 8.83. The Morgan fingerprint density at radius 3 is 1.65 bits per heavy atom. The van der Waals surface area contributed by atoms with Crippen LogP contribution in [0.4, 0.5) is 0 Å². The van der Waals surface area contributed by atoms with Crippen LogP contribution in [0.1, 0.15) is 97.3 Å². The van der Waals surface area contributed by atoms with Crippen LogP contribution in [-0.2, 0) is 4.79 Å². The van der Waals surface area contributed by atoms with Gasteiger partial charge in [-0.3, -0.25) is 0 Å². The molecular formula is C19H40O2SSn. The minimum atomic E-state index is -1.50. The first kappa shape index (κ1) is 23.6. The zero-order chi connectivity index (χ0) is 17.2. The Morgan fingerprint density at radius 2 is 1.22 bits per heavy atom. The van der Waals surface area contributed by atoms with Crippen LogP contribution in [0, 0.1) is 0 Å². The molecule has 0 bridgehead atoms. The predicted molar refractivity (Wildman–Crippen MR) is 108 cm³/mol. The number of carbonyl (C=O) groups is 1. The molecule has 0 unspecified atom stereocenters. The Kier molecular flexibility index (Phi) is 19.5. The van der Waals surface area contributed by atoms with E-state index >= 15 is 0 Å². The number of hydrogen-bond donors (Lipinski definition) is 1. The monoisotopic (exact) mass is 452 g/mol. The summed E-state index contributed by atoms with van der Waals surface area (Å²) in [6, 6.07) is 0. The number of rotatable bonds is 18. The molecule has 0 aromatic carbocycles. The summed E-state index contributed by atoms with van der Waals surface area (Å²) >= 11 is -1.50. The zero-order valence-electron chi connectivity index (χ0n) is 15.7. The third-order valence-corrected chi connectivity index (χ3v) is 20.6. The van der Waals surface area contributed by atoms with Crippen molar-refractivity contribution in [3.8, 4) is 0 Å². The molecule has 23 heavy (non-hydrogen) atoms. The van der Waals surface area contributed by atoms with Gasteiger partial charge in [0.2, 0.25) is 0 Å². The molecule has 0 rings (SSSR count). The molecule has 0 aliphatic rings. The van der Waals surface area contributed by atoms with Gasteiger partial charge in [0.05, 0.1) is 0 Å². The topological polar surface area (TPSA) is 37.3 Å². The first-order chi connectivity index (χ1) is 11.2. The van der Waals surface area contributed by atoms with E-state index in [9.17, 15) is 4.79 Å². The Labute approximate surface area is 154 Å². The summed E-state index contributed by atoms with van der Waals surface area (Å²) in [6.45, 7) is 4.54. The molecule has 0 aliphatic carbocycles. The fraction of sp³-hybridized carbons (Fsp3) is 0.947. The van der Waals surface area contributed by atoms with Crippen LogP contribution in [0.3, 0.4) is 0 Å². The number of carboxylic acid groups (broad SMARTS) is 1. The summed E-state index contributed by atoms with van der Waals surface area (Å²) in [5.41, 5.74) is 0. The van der Waals surface area contributed by atoms with Crippen molar-refractivity contribution in [2.75, 3.05) is 5.75 Å². The molecule has 0 spiro atoms. The van der Waals surface area contributed by atoms with Crippen molar-refractivity contribution in [2.24, 2.45) is 0 Å². The molecule has 0 heterocycles. The van der Waals surface area contributed by atoms with Crippen LogP contribution < -0.4 is 0 Å². The number of carboxylic acids is 1. The van der Waals surface area contributed by atoms with E-state index in [2.05, 4.69) is 22.8 Å². The van der Waals surface area contributed by atoms with Gasteiger partial charge in [-0.25, -0.2) is 0 Å².